The Morgan fingerprint density at radius 3 is 2.96 bits per heavy atom. The minimum Gasteiger partial charge on any atom is -0.494 e. The van der Waals surface area contributed by atoms with Gasteiger partial charge in [0, 0.05) is 19.2 Å². The van der Waals surface area contributed by atoms with Crippen LogP contribution in [0.1, 0.15) is 42.1 Å². The van der Waals surface area contributed by atoms with Gasteiger partial charge in [0.1, 0.15) is 11.6 Å². The van der Waals surface area contributed by atoms with Crippen molar-refractivity contribution in [1.82, 2.24) is 10.3 Å². The van der Waals surface area contributed by atoms with Crippen LogP contribution in [-0.4, -0.2) is 17.5 Å². The molecule has 0 saturated carbocycles. The molecule has 2 aromatic rings. The second-order valence-corrected chi connectivity index (χ2v) is 5.50. The summed E-state index contributed by atoms with van der Waals surface area (Å²) in [6.45, 7) is 2.91. The predicted octanol–water partition coefficient (Wildman–Crippen LogP) is 3.17. The molecule has 1 aromatic carbocycles. The first-order valence-corrected chi connectivity index (χ1v) is 8.30. The van der Waals surface area contributed by atoms with Crippen molar-refractivity contribution in [2.45, 2.75) is 32.7 Å². The summed E-state index contributed by atoms with van der Waals surface area (Å²) in [7, 11) is 0. The first-order chi connectivity index (χ1) is 12.2. The average molecular weight is 337 g/mol. The number of carbonyl (C=O) groups is 1. The largest absolute Gasteiger partial charge is 0.494 e. The minimum atomic E-state index is -0.242. The number of nitrogens with one attached hydrogen (secondary N) is 1. The van der Waals surface area contributed by atoms with E-state index in [0.717, 1.165) is 30.6 Å². The van der Waals surface area contributed by atoms with Crippen molar-refractivity contribution in [3.63, 3.8) is 0 Å². The van der Waals surface area contributed by atoms with Crippen molar-refractivity contribution in [3.05, 3.63) is 53.7 Å². The van der Waals surface area contributed by atoms with E-state index in [2.05, 4.69) is 22.1 Å². The lowest BCUT2D eigenvalue weighted by molar-refractivity contribution is 0.0951. The third kappa shape index (κ3) is 6.19. The van der Waals surface area contributed by atoms with Crippen LogP contribution >= 0.6 is 0 Å². The Hall–Kier alpha value is -3.00. The molecule has 1 aromatic heterocycles. The maximum absolute atomic E-state index is 12.1. The summed E-state index contributed by atoms with van der Waals surface area (Å²) in [5, 5.41) is 2.84. The molecule has 3 N–H and O–H groups in total. The third-order valence-corrected chi connectivity index (χ3v) is 3.58. The fraction of sp³-hybridized carbons (Fsp3) is 0.300. The Kier molecular flexibility index (Phi) is 7.33. The van der Waals surface area contributed by atoms with Crippen LogP contribution < -0.4 is 15.8 Å². The maximum Gasteiger partial charge on any atom is 0.255 e. The molecule has 0 radical (unpaired) electrons. The molecule has 0 fully saturated rings. The highest BCUT2D eigenvalue weighted by atomic mass is 16.5. The summed E-state index contributed by atoms with van der Waals surface area (Å²) < 4.78 is 5.75. The number of aromatic nitrogens is 1. The van der Waals surface area contributed by atoms with Gasteiger partial charge >= 0.3 is 0 Å². The van der Waals surface area contributed by atoms with E-state index in [-0.39, 0.29) is 11.7 Å². The van der Waals surface area contributed by atoms with Crippen LogP contribution in [0, 0.1) is 11.8 Å². The first-order valence-electron chi connectivity index (χ1n) is 8.30. The molecular weight excluding hydrogens is 314 g/mol. The number of hydrogen-bond donors (Lipinski definition) is 2. The number of nitrogens with two attached hydrogens (primary N) is 1. The summed E-state index contributed by atoms with van der Waals surface area (Å²) in [5.41, 5.74) is 7.06. The summed E-state index contributed by atoms with van der Waals surface area (Å²) in [6.07, 6.45) is 4.46. The molecule has 5 heteroatoms. The van der Waals surface area contributed by atoms with Gasteiger partial charge in [0.25, 0.3) is 5.91 Å². The number of amides is 1. The van der Waals surface area contributed by atoms with E-state index in [4.69, 9.17) is 10.5 Å². The highest BCUT2D eigenvalue weighted by Gasteiger charge is 2.09. The van der Waals surface area contributed by atoms with Gasteiger partial charge in [-0.2, -0.15) is 0 Å². The smallest absolute Gasteiger partial charge is 0.255 e. The van der Waals surface area contributed by atoms with Crippen LogP contribution in [0.3, 0.4) is 0 Å². The van der Waals surface area contributed by atoms with Gasteiger partial charge in [-0.15, -0.1) is 11.8 Å². The molecule has 1 heterocycles. The van der Waals surface area contributed by atoms with Crippen LogP contribution in [0.15, 0.2) is 42.6 Å². The highest BCUT2D eigenvalue weighted by Crippen LogP contribution is 2.14. The molecule has 5 nitrogen and oxygen atoms in total. The molecule has 2 rings (SSSR count). The van der Waals surface area contributed by atoms with Crippen LogP contribution in [0.4, 0.5) is 5.82 Å². The number of pyridine rings is 1. The molecule has 0 aliphatic heterocycles. The molecule has 0 atom stereocenters. The number of benzene rings is 1. The van der Waals surface area contributed by atoms with Gasteiger partial charge in [0.15, 0.2) is 0 Å². The summed E-state index contributed by atoms with van der Waals surface area (Å²) >= 11 is 0. The zero-order chi connectivity index (χ0) is 17.9. The predicted molar refractivity (Wildman–Crippen MR) is 99.1 cm³/mol. The minimum absolute atomic E-state index is 0.227. The fourth-order valence-corrected chi connectivity index (χ4v) is 2.26. The Morgan fingerprint density at radius 1 is 1.28 bits per heavy atom. The van der Waals surface area contributed by atoms with Gasteiger partial charge in [-0.25, -0.2) is 4.98 Å². The van der Waals surface area contributed by atoms with E-state index in [9.17, 15) is 4.79 Å². The maximum atomic E-state index is 12.1. The quantitative estimate of drug-likeness (QED) is 0.573. The van der Waals surface area contributed by atoms with E-state index in [1.54, 1.807) is 18.3 Å². The van der Waals surface area contributed by atoms with Crippen LogP contribution in [0.5, 0.6) is 5.75 Å². The second-order valence-electron chi connectivity index (χ2n) is 5.50. The number of unbranched alkanes of at least 4 members (excludes halogenated alkanes) is 2. The zero-order valence-electron chi connectivity index (χ0n) is 14.4. The lowest BCUT2D eigenvalue weighted by Crippen LogP contribution is -2.24. The van der Waals surface area contributed by atoms with Gasteiger partial charge in [-0.3, -0.25) is 4.79 Å². The molecule has 0 unspecified atom stereocenters. The second kappa shape index (κ2) is 9.99. The van der Waals surface area contributed by atoms with E-state index >= 15 is 0 Å². The zero-order valence-corrected chi connectivity index (χ0v) is 14.4. The number of anilines is 1. The molecular formula is C20H23N3O2. The van der Waals surface area contributed by atoms with E-state index in [1.807, 2.05) is 31.2 Å². The molecule has 130 valence electrons. The van der Waals surface area contributed by atoms with Crippen LogP contribution in [-0.2, 0) is 6.54 Å². The first kappa shape index (κ1) is 18.3. The molecule has 0 aliphatic carbocycles. The van der Waals surface area contributed by atoms with Crippen molar-refractivity contribution in [2.75, 3.05) is 12.3 Å². The third-order valence-electron chi connectivity index (χ3n) is 3.58. The van der Waals surface area contributed by atoms with E-state index in [0.29, 0.717) is 18.7 Å². The molecule has 1 amide bonds. The van der Waals surface area contributed by atoms with Gasteiger partial charge in [-0.05, 0) is 49.6 Å². The van der Waals surface area contributed by atoms with Gasteiger partial charge in [-0.1, -0.05) is 12.1 Å². The lowest BCUT2D eigenvalue weighted by atomic mass is 10.2. The molecule has 0 saturated heterocycles. The van der Waals surface area contributed by atoms with Crippen molar-refractivity contribution in [1.29, 1.82) is 0 Å². The molecule has 0 spiro atoms. The molecule has 25 heavy (non-hydrogen) atoms. The Morgan fingerprint density at radius 2 is 2.16 bits per heavy atom. The molecule has 0 bridgehead atoms. The lowest BCUT2D eigenvalue weighted by Gasteiger charge is -2.09. The van der Waals surface area contributed by atoms with Gasteiger partial charge < -0.3 is 15.8 Å². The van der Waals surface area contributed by atoms with E-state index in [1.165, 1.54) is 0 Å². The van der Waals surface area contributed by atoms with Crippen LogP contribution in [0.25, 0.3) is 0 Å². The Labute approximate surface area is 148 Å². The topological polar surface area (TPSA) is 77.2 Å². The summed E-state index contributed by atoms with van der Waals surface area (Å²) in [4.78, 5) is 16.1. The highest BCUT2D eigenvalue weighted by molar-refractivity contribution is 5.98. The summed E-state index contributed by atoms with van der Waals surface area (Å²) in [5.74, 6) is 6.71. The standard InChI is InChI=1S/C20H23N3O2/c1-2-3-4-5-6-13-25-17-10-7-9-16(14-17)15-23-20(24)18-11-8-12-22-19(18)21/h7-12,14H,4-6,13,15H2,1H3,(H2,21,22)(H,23,24). The number of rotatable bonds is 8. The van der Waals surface area contributed by atoms with Crippen molar-refractivity contribution in [2.24, 2.45) is 0 Å². The molecule has 0 aliphatic rings. The van der Waals surface area contributed by atoms with Crippen molar-refractivity contribution < 1.29 is 9.53 Å². The van der Waals surface area contributed by atoms with Crippen molar-refractivity contribution in [3.8, 4) is 17.6 Å². The Balaban J connectivity index is 1.81. The van der Waals surface area contributed by atoms with Crippen molar-refractivity contribution >= 4 is 11.7 Å². The van der Waals surface area contributed by atoms with E-state index < -0.39 is 0 Å². The number of ether oxygens (including phenoxy) is 1. The van der Waals surface area contributed by atoms with Gasteiger partial charge in [0.2, 0.25) is 0 Å². The SMILES string of the molecule is CC#CCCCCOc1cccc(CNC(=O)c2cccnc2N)c1. The number of nitrogen functional groups attached to an aromatic ring is 1. The number of carbonyl (C=O) groups excluding carboxylic acids is 1. The Bertz CT molecular complexity index is 763. The fourth-order valence-electron chi connectivity index (χ4n) is 2.26. The number of hydrogen-bond acceptors (Lipinski definition) is 4. The summed E-state index contributed by atoms with van der Waals surface area (Å²) in [6, 6.07) is 11.0. The number of nitrogens with zero attached hydrogens (tertiary/aromatic N) is 1. The van der Waals surface area contributed by atoms with Crippen LogP contribution in [0.2, 0.25) is 0 Å². The average Bonchev–Trinajstić information content (AvgIpc) is 2.63. The normalized spacial score (nSPS) is 9.80. The van der Waals surface area contributed by atoms with Gasteiger partial charge in [0.05, 0.1) is 12.2 Å². The monoisotopic (exact) mass is 337 g/mol.